The minimum atomic E-state index is -4.35. The van der Waals surface area contributed by atoms with Crippen molar-refractivity contribution in [2.24, 2.45) is 5.73 Å². The van der Waals surface area contributed by atoms with E-state index in [1.807, 2.05) is 6.07 Å². The summed E-state index contributed by atoms with van der Waals surface area (Å²) in [5.41, 5.74) is 6.77. The fourth-order valence-corrected chi connectivity index (χ4v) is 2.21. The van der Waals surface area contributed by atoms with E-state index in [9.17, 15) is 13.2 Å². The van der Waals surface area contributed by atoms with E-state index in [0.29, 0.717) is 17.7 Å². The van der Waals surface area contributed by atoms with E-state index >= 15 is 0 Å². The second-order valence-corrected chi connectivity index (χ2v) is 5.13. The predicted octanol–water partition coefficient (Wildman–Crippen LogP) is 3.93. The molecule has 3 nitrogen and oxygen atoms in total. The minimum Gasteiger partial charge on any atom is -0.468 e. The third-order valence-electron chi connectivity index (χ3n) is 3.34. The van der Waals surface area contributed by atoms with E-state index in [2.05, 4.69) is 0 Å². The summed E-state index contributed by atoms with van der Waals surface area (Å²) >= 11 is 0. The summed E-state index contributed by atoms with van der Waals surface area (Å²) in [6.45, 7) is 0.117. The standard InChI is InChI=1S/C17H18F3NO2/c1-22-11-23-15-7-3-5-13(10-15)16(21)9-12-4-2-6-14(8-12)17(18,19)20/h2-8,10,16H,9,11,21H2,1H3. The van der Waals surface area contributed by atoms with Gasteiger partial charge in [-0.1, -0.05) is 30.3 Å². The van der Waals surface area contributed by atoms with Crippen molar-refractivity contribution in [1.82, 2.24) is 0 Å². The molecule has 23 heavy (non-hydrogen) atoms. The fraction of sp³-hybridized carbons (Fsp3) is 0.294. The van der Waals surface area contributed by atoms with Gasteiger partial charge in [-0.2, -0.15) is 13.2 Å². The molecule has 0 aliphatic carbocycles. The van der Waals surface area contributed by atoms with Gasteiger partial charge in [-0.25, -0.2) is 0 Å². The van der Waals surface area contributed by atoms with Gasteiger partial charge in [-0.15, -0.1) is 0 Å². The van der Waals surface area contributed by atoms with Crippen molar-refractivity contribution in [3.63, 3.8) is 0 Å². The summed E-state index contributed by atoms with van der Waals surface area (Å²) in [6, 6.07) is 11.9. The molecule has 0 radical (unpaired) electrons. The molecule has 0 aliphatic rings. The Morgan fingerprint density at radius 3 is 2.52 bits per heavy atom. The molecule has 0 saturated carbocycles. The third-order valence-corrected chi connectivity index (χ3v) is 3.34. The Labute approximate surface area is 132 Å². The van der Waals surface area contributed by atoms with Crippen LogP contribution in [0.3, 0.4) is 0 Å². The predicted molar refractivity (Wildman–Crippen MR) is 81.0 cm³/mol. The molecule has 0 amide bonds. The largest absolute Gasteiger partial charge is 0.468 e. The van der Waals surface area contributed by atoms with Crippen LogP contribution in [0, 0.1) is 0 Å². The summed E-state index contributed by atoms with van der Waals surface area (Å²) in [4.78, 5) is 0. The van der Waals surface area contributed by atoms with Gasteiger partial charge >= 0.3 is 6.18 Å². The molecular formula is C17H18F3NO2. The lowest BCUT2D eigenvalue weighted by Gasteiger charge is -2.15. The Morgan fingerprint density at radius 1 is 1.09 bits per heavy atom. The van der Waals surface area contributed by atoms with Crippen molar-refractivity contribution in [2.45, 2.75) is 18.6 Å². The van der Waals surface area contributed by atoms with Crippen LogP contribution in [0.4, 0.5) is 13.2 Å². The van der Waals surface area contributed by atoms with E-state index in [1.165, 1.54) is 13.2 Å². The molecule has 0 fully saturated rings. The van der Waals surface area contributed by atoms with Gasteiger partial charge in [-0.05, 0) is 35.7 Å². The number of hydrogen-bond donors (Lipinski definition) is 1. The first kappa shape index (κ1) is 17.3. The molecule has 0 bridgehead atoms. The summed E-state index contributed by atoms with van der Waals surface area (Å²) in [5, 5.41) is 0. The van der Waals surface area contributed by atoms with Gasteiger partial charge in [0.1, 0.15) is 5.75 Å². The third kappa shape index (κ3) is 4.97. The number of halogens is 3. The summed E-state index contributed by atoms with van der Waals surface area (Å²) in [7, 11) is 1.52. The van der Waals surface area contributed by atoms with Crippen molar-refractivity contribution in [1.29, 1.82) is 0 Å². The maximum atomic E-state index is 12.7. The maximum Gasteiger partial charge on any atom is 0.416 e. The molecule has 0 saturated heterocycles. The van der Waals surface area contributed by atoms with Crippen LogP contribution >= 0.6 is 0 Å². The summed E-state index contributed by atoms with van der Waals surface area (Å²) in [6.07, 6.45) is -4.05. The Hall–Kier alpha value is -2.05. The van der Waals surface area contributed by atoms with Crippen LogP contribution in [-0.2, 0) is 17.3 Å². The van der Waals surface area contributed by atoms with Gasteiger partial charge in [0.15, 0.2) is 6.79 Å². The van der Waals surface area contributed by atoms with Gasteiger partial charge in [0.25, 0.3) is 0 Å². The number of rotatable bonds is 6. The first-order chi connectivity index (χ1) is 10.9. The molecule has 124 valence electrons. The highest BCUT2D eigenvalue weighted by atomic mass is 19.4. The highest BCUT2D eigenvalue weighted by Crippen LogP contribution is 2.30. The zero-order valence-corrected chi connectivity index (χ0v) is 12.6. The average Bonchev–Trinajstić information content (AvgIpc) is 2.52. The van der Waals surface area contributed by atoms with E-state index in [-0.39, 0.29) is 6.79 Å². The zero-order chi connectivity index (χ0) is 16.9. The normalized spacial score (nSPS) is 12.9. The first-order valence-electron chi connectivity index (χ1n) is 7.03. The smallest absolute Gasteiger partial charge is 0.416 e. The van der Waals surface area contributed by atoms with Crippen molar-refractivity contribution >= 4 is 0 Å². The van der Waals surface area contributed by atoms with Crippen molar-refractivity contribution in [3.8, 4) is 5.75 Å². The van der Waals surface area contributed by atoms with Crippen LogP contribution in [0.15, 0.2) is 48.5 Å². The second kappa shape index (κ2) is 7.48. The molecule has 6 heteroatoms. The van der Waals surface area contributed by atoms with Crippen LogP contribution in [-0.4, -0.2) is 13.9 Å². The lowest BCUT2D eigenvalue weighted by Crippen LogP contribution is -2.14. The number of methoxy groups -OCH3 is 1. The molecule has 2 N–H and O–H groups in total. The Bertz CT molecular complexity index is 644. The van der Waals surface area contributed by atoms with Crippen molar-refractivity contribution < 1.29 is 22.6 Å². The first-order valence-corrected chi connectivity index (χ1v) is 7.03. The lowest BCUT2D eigenvalue weighted by atomic mass is 9.98. The van der Waals surface area contributed by atoms with E-state index in [1.54, 1.807) is 24.3 Å². The van der Waals surface area contributed by atoms with Crippen molar-refractivity contribution in [3.05, 3.63) is 65.2 Å². The highest BCUT2D eigenvalue weighted by molar-refractivity contribution is 5.32. The number of nitrogens with two attached hydrogens (primary N) is 1. The van der Waals surface area contributed by atoms with Crippen LogP contribution in [0.1, 0.15) is 22.7 Å². The van der Waals surface area contributed by atoms with Crippen LogP contribution in [0.25, 0.3) is 0 Å². The number of hydrogen-bond acceptors (Lipinski definition) is 3. The minimum absolute atomic E-state index is 0.117. The Morgan fingerprint density at radius 2 is 1.83 bits per heavy atom. The molecular weight excluding hydrogens is 307 g/mol. The van der Waals surface area contributed by atoms with Gasteiger partial charge in [0.2, 0.25) is 0 Å². The number of ether oxygens (including phenoxy) is 2. The van der Waals surface area contributed by atoms with Crippen LogP contribution in [0.2, 0.25) is 0 Å². The van der Waals surface area contributed by atoms with Crippen LogP contribution < -0.4 is 10.5 Å². The second-order valence-electron chi connectivity index (χ2n) is 5.13. The monoisotopic (exact) mass is 325 g/mol. The molecule has 2 aromatic rings. The highest BCUT2D eigenvalue weighted by Gasteiger charge is 2.30. The maximum absolute atomic E-state index is 12.7. The van der Waals surface area contributed by atoms with Gasteiger partial charge in [0, 0.05) is 13.2 Å². The van der Waals surface area contributed by atoms with Gasteiger partial charge in [-0.3, -0.25) is 0 Å². The van der Waals surface area contributed by atoms with E-state index in [0.717, 1.165) is 17.7 Å². The molecule has 2 rings (SSSR count). The molecule has 2 aromatic carbocycles. The van der Waals surface area contributed by atoms with Crippen LogP contribution in [0.5, 0.6) is 5.75 Å². The lowest BCUT2D eigenvalue weighted by molar-refractivity contribution is -0.137. The summed E-state index contributed by atoms with van der Waals surface area (Å²) < 4.78 is 48.4. The molecule has 1 atom stereocenters. The quantitative estimate of drug-likeness (QED) is 0.819. The van der Waals surface area contributed by atoms with Crippen molar-refractivity contribution in [2.75, 3.05) is 13.9 Å². The summed E-state index contributed by atoms with van der Waals surface area (Å²) in [5.74, 6) is 0.601. The molecule has 0 aromatic heterocycles. The SMILES string of the molecule is COCOc1cccc(C(N)Cc2cccc(C(F)(F)F)c2)c1. The Kier molecular flexibility index (Phi) is 5.63. The van der Waals surface area contributed by atoms with Gasteiger partial charge < -0.3 is 15.2 Å². The van der Waals surface area contributed by atoms with E-state index < -0.39 is 17.8 Å². The fourth-order valence-electron chi connectivity index (χ4n) is 2.21. The van der Waals surface area contributed by atoms with E-state index in [4.69, 9.17) is 15.2 Å². The number of alkyl halides is 3. The van der Waals surface area contributed by atoms with Gasteiger partial charge in [0.05, 0.1) is 5.56 Å². The zero-order valence-electron chi connectivity index (χ0n) is 12.6. The molecule has 1 unspecified atom stereocenters. The Balaban J connectivity index is 2.11. The molecule has 0 heterocycles. The molecule has 0 spiro atoms. The average molecular weight is 325 g/mol. The number of benzene rings is 2. The topological polar surface area (TPSA) is 44.5 Å². The molecule has 0 aliphatic heterocycles.